The van der Waals surface area contributed by atoms with Gasteiger partial charge in [-0.3, -0.25) is 9.59 Å². The summed E-state index contributed by atoms with van der Waals surface area (Å²) >= 11 is 1.28. The van der Waals surface area contributed by atoms with Crippen molar-refractivity contribution in [3.8, 4) is 16.3 Å². The number of ether oxygens (including phenoxy) is 1. The van der Waals surface area contributed by atoms with Gasteiger partial charge in [0.15, 0.2) is 5.76 Å². The molecule has 1 aliphatic heterocycles. The summed E-state index contributed by atoms with van der Waals surface area (Å²) in [5, 5.41) is 11.9. The molecule has 5 rings (SSSR count). The molecule has 1 aliphatic rings. The van der Waals surface area contributed by atoms with E-state index < -0.39 is 17.7 Å². The van der Waals surface area contributed by atoms with Crippen molar-refractivity contribution in [1.29, 1.82) is 0 Å². The highest BCUT2D eigenvalue weighted by atomic mass is 32.1. The van der Waals surface area contributed by atoms with E-state index in [4.69, 9.17) is 4.74 Å². The molecule has 0 aliphatic carbocycles. The molecule has 0 spiro atoms. The number of aryl methyl sites for hydroxylation is 1. The number of carbonyl (C=O) groups excluding carboxylic acids is 2. The van der Waals surface area contributed by atoms with Crippen LogP contribution in [0.2, 0.25) is 0 Å². The van der Waals surface area contributed by atoms with E-state index >= 15 is 0 Å². The molecule has 1 amide bonds. The van der Waals surface area contributed by atoms with Crippen molar-refractivity contribution in [3.63, 3.8) is 0 Å². The second kappa shape index (κ2) is 11.4. The fourth-order valence-corrected chi connectivity index (χ4v) is 5.92. The average Bonchev–Trinajstić information content (AvgIpc) is 3.49. The van der Waals surface area contributed by atoms with Gasteiger partial charge in [0.05, 0.1) is 29.3 Å². The molecule has 0 saturated carbocycles. The molecule has 40 heavy (non-hydrogen) atoms. The number of hydrogen-bond donors (Lipinski definition) is 1. The Hall–Kier alpha value is -4.43. The van der Waals surface area contributed by atoms with Crippen molar-refractivity contribution in [1.82, 2.24) is 9.88 Å². The minimum Gasteiger partial charge on any atom is -0.503 e. The van der Waals surface area contributed by atoms with Crippen LogP contribution in [0.5, 0.6) is 5.75 Å². The molecular weight excluding hydrogens is 522 g/mol. The molecule has 0 saturated heterocycles. The summed E-state index contributed by atoms with van der Waals surface area (Å²) in [6.45, 7) is 2.11. The van der Waals surface area contributed by atoms with E-state index in [2.05, 4.69) is 4.98 Å². The molecule has 3 aromatic carbocycles. The van der Waals surface area contributed by atoms with Crippen LogP contribution in [-0.4, -0.2) is 54.4 Å². The summed E-state index contributed by atoms with van der Waals surface area (Å²) in [5.74, 6) is -0.682. The number of methoxy groups -OCH3 is 1. The van der Waals surface area contributed by atoms with E-state index in [0.29, 0.717) is 28.5 Å². The third-order valence-corrected chi connectivity index (χ3v) is 8.30. The maximum Gasteiger partial charge on any atom is 0.290 e. The summed E-state index contributed by atoms with van der Waals surface area (Å²) in [7, 11) is 5.52. The maximum atomic E-state index is 14.1. The molecule has 7 nitrogen and oxygen atoms in total. The van der Waals surface area contributed by atoms with Crippen LogP contribution in [0.15, 0.2) is 90.2 Å². The van der Waals surface area contributed by atoms with Crippen LogP contribution in [0.3, 0.4) is 0 Å². The molecule has 1 unspecified atom stereocenters. The number of Topliss-reactive ketones (excluding diaryl/α,β-unsaturated/α-hetero) is 1. The number of aliphatic hydroxyl groups is 1. The van der Waals surface area contributed by atoms with Crippen LogP contribution in [0, 0.1) is 6.92 Å². The Morgan fingerprint density at radius 3 is 2.33 bits per heavy atom. The highest BCUT2D eigenvalue weighted by molar-refractivity contribution is 7.17. The molecule has 0 radical (unpaired) electrons. The maximum absolute atomic E-state index is 14.1. The van der Waals surface area contributed by atoms with Crippen LogP contribution in [0.25, 0.3) is 10.6 Å². The van der Waals surface area contributed by atoms with Gasteiger partial charge in [0.1, 0.15) is 10.8 Å². The van der Waals surface area contributed by atoms with Crippen molar-refractivity contribution in [2.24, 2.45) is 0 Å². The standard InChI is InChI=1S/C32H31N3O4S/c1-20-30(40-31(33-20)23-8-6-5-7-9-23)28(36)26-27(22-12-14-24(15-13-22)34(2)3)35(32(38)29(26)37)19-18-21-10-16-25(39-4)17-11-21/h5-17,27,37H,18-19H2,1-4H3. The van der Waals surface area contributed by atoms with Crippen molar-refractivity contribution in [2.75, 3.05) is 32.6 Å². The Kier molecular flexibility index (Phi) is 7.71. The molecule has 1 aromatic heterocycles. The van der Waals surface area contributed by atoms with E-state index in [0.717, 1.165) is 28.1 Å². The highest BCUT2D eigenvalue weighted by Gasteiger charge is 2.44. The second-order valence-electron chi connectivity index (χ2n) is 9.88. The smallest absolute Gasteiger partial charge is 0.290 e. The number of aromatic nitrogens is 1. The topological polar surface area (TPSA) is 83.0 Å². The van der Waals surface area contributed by atoms with Gasteiger partial charge in [-0.2, -0.15) is 0 Å². The van der Waals surface area contributed by atoms with Gasteiger partial charge >= 0.3 is 0 Å². The molecule has 4 aromatic rings. The number of amides is 1. The van der Waals surface area contributed by atoms with Crippen LogP contribution in [0.4, 0.5) is 5.69 Å². The number of ketones is 1. The summed E-state index contributed by atoms with van der Waals surface area (Å²) in [6.07, 6.45) is 0.550. The first-order chi connectivity index (χ1) is 19.3. The second-order valence-corrected chi connectivity index (χ2v) is 10.9. The number of benzene rings is 3. The van der Waals surface area contributed by atoms with E-state index in [9.17, 15) is 14.7 Å². The first-order valence-corrected chi connectivity index (χ1v) is 13.8. The molecule has 0 fully saturated rings. The molecule has 0 bridgehead atoms. The summed E-state index contributed by atoms with van der Waals surface area (Å²) in [5.41, 5.74) is 4.33. The first kappa shape index (κ1) is 27.1. The van der Waals surface area contributed by atoms with Crippen LogP contribution < -0.4 is 9.64 Å². The average molecular weight is 554 g/mol. The lowest BCUT2D eigenvalue weighted by Gasteiger charge is -2.27. The van der Waals surface area contributed by atoms with Gasteiger partial charge in [-0.05, 0) is 48.7 Å². The predicted molar refractivity (Wildman–Crippen MR) is 158 cm³/mol. The van der Waals surface area contributed by atoms with E-state index in [1.165, 1.54) is 11.3 Å². The molecular formula is C32H31N3O4S. The Labute approximate surface area is 238 Å². The minimum absolute atomic E-state index is 0.0868. The summed E-state index contributed by atoms with van der Waals surface area (Å²) in [4.78, 5) is 36.2. The van der Waals surface area contributed by atoms with Crippen molar-refractivity contribution >= 4 is 28.7 Å². The first-order valence-electron chi connectivity index (χ1n) is 13.0. The third kappa shape index (κ3) is 5.22. The molecule has 204 valence electrons. The Bertz CT molecular complexity index is 1560. The number of thiazole rings is 1. The SMILES string of the molecule is COc1ccc(CCN2C(=O)C(O)=C(C(=O)c3sc(-c4ccccc4)nc3C)C2c2ccc(N(C)C)cc2)cc1. The molecule has 8 heteroatoms. The van der Waals surface area contributed by atoms with Gasteiger partial charge in [0.2, 0.25) is 5.78 Å². The number of rotatable bonds is 9. The fourth-order valence-electron chi connectivity index (χ4n) is 4.89. The van der Waals surface area contributed by atoms with Gasteiger partial charge in [-0.25, -0.2) is 4.98 Å². The van der Waals surface area contributed by atoms with Crippen LogP contribution >= 0.6 is 11.3 Å². The molecule has 1 atom stereocenters. The monoisotopic (exact) mass is 553 g/mol. The summed E-state index contributed by atoms with van der Waals surface area (Å²) in [6, 6.07) is 24.3. The van der Waals surface area contributed by atoms with Gasteiger partial charge in [-0.15, -0.1) is 11.3 Å². The third-order valence-electron chi connectivity index (χ3n) is 7.10. The number of anilines is 1. The zero-order valence-electron chi connectivity index (χ0n) is 22.9. The van der Waals surface area contributed by atoms with E-state index in [1.807, 2.05) is 97.9 Å². The van der Waals surface area contributed by atoms with E-state index in [-0.39, 0.29) is 11.4 Å². The minimum atomic E-state index is -0.726. The van der Waals surface area contributed by atoms with Crippen molar-refractivity contribution < 1.29 is 19.4 Å². The lowest BCUT2D eigenvalue weighted by atomic mass is 9.94. The lowest BCUT2D eigenvalue weighted by molar-refractivity contribution is -0.129. The number of hydrogen-bond acceptors (Lipinski definition) is 7. The normalized spacial score (nSPS) is 15.1. The number of nitrogens with zero attached hydrogens (tertiary/aromatic N) is 3. The van der Waals surface area contributed by atoms with Crippen LogP contribution in [-0.2, 0) is 11.2 Å². The number of carbonyl (C=O) groups is 2. The highest BCUT2D eigenvalue weighted by Crippen LogP contribution is 2.41. The van der Waals surface area contributed by atoms with Gasteiger partial charge in [0, 0.05) is 31.9 Å². The largest absolute Gasteiger partial charge is 0.503 e. The number of aliphatic hydroxyl groups excluding tert-OH is 1. The molecule has 1 N–H and O–H groups in total. The van der Waals surface area contributed by atoms with Gasteiger partial charge < -0.3 is 19.6 Å². The Morgan fingerprint density at radius 2 is 1.70 bits per heavy atom. The van der Waals surface area contributed by atoms with Crippen molar-refractivity contribution in [3.05, 3.63) is 112 Å². The lowest BCUT2D eigenvalue weighted by Crippen LogP contribution is -2.33. The summed E-state index contributed by atoms with van der Waals surface area (Å²) < 4.78 is 5.25. The van der Waals surface area contributed by atoms with Crippen molar-refractivity contribution in [2.45, 2.75) is 19.4 Å². The van der Waals surface area contributed by atoms with E-state index in [1.54, 1.807) is 18.9 Å². The predicted octanol–water partition coefficient (Wildman–Crippen LogP) is 6.01. The van der Waals surface area contributed by atoms with Crippen LogP contribution in [0.1, 0.15) is 32.5 Å². The Balaban J connectivity index is 1.51. The van der Waals surface area contributed by atoms with Gasteiger partial charge in [-0.1, -0.05) is 54.6 Å². The van der Waals surface area contributed by atoms with Gasteiger partial charge in [0.25, 0.3) is 5.91 Å². The zero-order chi connectivity index (χ0) is 28.4. The fraction of sp³-hybridized carbons (Fsp3) is 0.219. The molecule has 2 heterocycles. The Morgan fingerprint density at radius 1 is 1.02 bits per heavy atom. The quantitative estimate of drug-likeness (QED) is 0.256. The zero-order valence-corrected chi connectivity index (χ0v) is 23.7.